The zero-order valence-corrected chi connectivity index (χ0v) is 19.1. The minimum Gasteiger partial charge on any atom is -0.281 e. The van der Waals surface area contributed by atoms with Crippen molar-refractivity contribution >= 4 is 42.4 Å². The minimum absolute atomic E-state index is 0.0798. The van der Waals surface area contributed by atoms with Crippen LogP contribution < -0.4 is 4.90 Å². The highest BCUT2D eigenvalue weighted by Gasteiger charge is 2.27. The number of benzene rings is 2. The topological polar surface area (TPSA) is 80.2 Å². The van der Waals surface area contributed by atoms with Crippen molar-refractivity contribution in [1.82, 2.24) is 9.97 Å². The van der Waals surface area contributed by atoms with E-state index in [1.54, 1.807) is 24.4 Å². The Morgan fingerprint density at radius 1 is 1.06 bits per heavy atom. The van der Waals surface area contributed by atoms with Crippen LogP contribution in [-0.4, -0.2) is 30.0 Å². The van der Waals surface area contributed by atoms with Crippen molar-refractivity contribution in [3.63, 3.8) is 0 Å². The number of aryl methyl sites for hydroxylation is 2. The maximum Gasteiger partial charge on any atom is 0.244 e. The number of halogens is 1. The third-order valence-electron chi connectivity index (χ3n) is 5.14. The number of hydrogen-bond donors (Lipinski definition) is 0. The van der Waals surface area contributed by atoms with Crippen molar-refractivity contribution in [3.05, 3.63) is 83.4 Å². The molecule has 32 heavy (non-hydrogen) atoms. The highest BCUT2D eigenvalue weighted by Crippen LogP contribution is 2.33. The lowest BCUT2D eigenvalue weighted by atomic mass is 10.1. The fourth-order valence-electron chi connectivity index (χ4n) is 3.21. The Labute approximate surface area is 189 Å². The number of fused-ring (bicyclic) bond motifs is 1. The number of anilines is 1. The van der Waals surface area contributed by atoms with Crippen LogP contribution in [0, 0.1) is 19.7 Å². The van der Waals surface area contributed by atoms with Gasteiger partial charge in [0.2, 0.25) is 5.91 Å². The van der Waals surface area contributed by atoms with Gasteiger partial charge in [-0.25, -0.2) is 17.8 Å². The van der Waals surface area contributed by atoms with E-state index in [0.717, 1.165) is 45.6 Å². The fourth-order valence-corrected chi connectivity index (χ4v) is 5.45. The monoisotopic (exact) mass is 469 g/mol. The first-order valence-corrected chi connectivity index (χ1v) is 12.3. The summed E-state index contributed by atoms with van der Waals surface area (Å²) in [7, 11) is -3.97. The molecule has 164 valence electrons. The Bertz CT molecular complexity index is 1390. The van der Waals surface area contributed by atoms with E-state index in [9.17, 15) is 17.6 Å². The van der Waals surface area contributed by atoms with Crippen molar-refractivity contribution in [1.29, 1.82) is 0 Å². The summed E-state index contributed by atoms with van der Waals surface area (Å²) in [5.74, 6) is -1.94. The number of aromatic nitrogens is 2. The van der Waals surface area contributed by atoms with Crippen LogP contribution in [0.1, 0.15) is 16.8 Å². The van der Waals surface area contributed by atoms with Gasteiger partial charge in [0.05, 0.1) is 27.4 Å². The van der Waals surface area contributed by atoms with Crippen LogP contribution >= 0.6 is 11.3 Å². The van der Waals surface area contributed by atoms with Gasteiger partial charge in [-0.2, -0.15) is 0 Å². The number of thiazole rings is 1. The molecule has 0 unspecified atom stereocenters. The molecule has 6 nitrogen and oxygen atoms in total. The van der Waals surface area contributed by atoms with Gasteiger partial charge < -0.3 is 0 Å². The van der Waals surface area contributed by atoms with E-state index < -0.39 is 27.3 Å². The first-order valence-electron chi connectivity index (χ1n) is 9.80. The largest absolute Gasteiger partial charge is 0.281 e. The molecular formula is C23H20FN3O3S2. The summed E-state index contributed by atoms with van der Waals surface area (Å²) in [5.41, 5.74) is 3.47. The second-order valence-corrected chi connectivity index (χ2v) is 10.4. The second kappa shape index (κ2) is 8.76. The van der Waals surface area contributed by atoms with Gasteiger partial charge in [-0.1, -0.05) is 23.5 Å². The smallest absolute Gasteiger partial charge is 0.244 e. The van der Waals surface area contributed by atoms with E-state index in [2.05, 4.69) is 9.97 Å². The summed E-state index contributed by atoms with van der Waals surface area (Å²) < 4.78 is 39.7. The first kappa shape index (κ1) is 22.0. The third-order valence-corrected chi connectivity index (χ3v) is 7.80. The second-order valence-electron chi connectivity index (χ2n) is 7.36. The molecule has 0 aliphatic carbocycles. The van der Waals surface area contributed by atoms with E-state index >= 15 is 0 Å². The molecule has 0 aliphatic heterocycles. The summed E-state index contributed by atoms with van der Waals surface area (Å²) in [6.45, 7) is 4.03. The maximum absolute atomic E-state index is 13.2. The van der Waals surface area contributed by atoms with Crippen molar-refractivity contribution in [2.24, 2.45) is 0 Å². The minimum atomic E-state index is -3.97. The van der Waals surface area contributed by atoms with Crippen LogP contribution in [0.4, 0.5) is 9.52 Å². The zero-order chi connectivity index (χ0) is 22.9. The van der Waals surface area contributed by atoms with E-state index in [0.29, 0.717) is 10.8 Å². The summed E-state index contributed by atoms with van der Waals surface area (Å²) in [6, 6.07) is 13.7. The first-order chi connectivity index (χ1) is 15.2. The van der Waals surface area contributed by atoms with Crippen LogP contribution in [-0.2, 0) is 21.2 Å². The molecule has 0 fully saturated rings. The zero-order valence-electron chi connectivity index (χ0n) is 17.4. The van der Waals surface area contributed by atoms with E-state index in [1.807, 2.05) is 26.0 Å². The van der Waals surface area contributed by atoms with Gasteiger partial charge in [-0.05, 0) is 67.4 Å². The average molecular weight is 470 g/mol. The number of carbonyl (C=O) groups is 1. The van der Waals surface area contributed by atoms with Gasteiger partial charge in [0, 0.05) is 6.20 Å². The van der Waals surface area contributed by atoms with Crippen molar-refractivity contribution in [2.45, 2.75) is 25.3 Å². The van der Waals surface area contributed by atoms with Crippen molar-refractivity contribution < 1.29 is 17.6 Å². The van der Waals surface area contributed by atoms with Crippen LogP contribution in [0.15, 0.2) is 65.7 Å². The van der Waals surface area contributed by atoms with Crippen LogP contribution in [0.25, 0.3) is 10.2 Å². The Morgan fingerprint density at radius 2 is 1.81 bits per heavy atom. The molecule has 4 rings (SSSR count). The molecule has 2 heterocycles. The molecule has 0 aliphatic rings. The summed E-state index contributed by atoms with van der Waals surface area (Å²) in [4.78, 5) is 23.4. The predicted octanol–water partition coefficient (Wildman–Crippen LogP) is 4.45. The lowest BCUT2D eigenvalue weighted by molar-refractivity contribution is -0.116. The molecule has 0 atom stereocenters. The average Bonchev–Trinajstić information content (AvgIpc) is 3.20. The molecule has 1 amide bonds. The molecule has 4 aromatic rings. The molecular weight excluding hydrogens is 449 g/mol. The lowest BCUT2D eigenvalue weighted by Crippen LogP contribution is -2.35. The summed E-state index contributed by atoms with van der Waals surface area (Å²) in [5, 5.41) is 0.402. The molecule has 0 bridgehead atoms. The fraction of sp³-hybridized carbons (Fsp3) is 0.174. The third kappa shape index (κ3) is 4.53. The highest BCUT2D eigenvalue weighted by atomic mass is 32.2. The summed E-state index contributed by atoms with van der Waals surface area (Å²) in [6.07, 6.45) is 1.61. The van der Waals surface area contributed by atoms with Crippen molar-refractivity contribution in [3.8, 4) is 0 Å². The van der Waals surface area contributed by atoms with Crippen LogP contribution in [0.3, 0.4) is 0 Å². The Morgan fingerprint density at radius 3 is 2.50 bits per heavy atom. The van der Waals surface area contributed by atoms with Gasteiger partial charge in [-0.15, -0.1) is 0 Å². The lowest BCUT2D eigenvalue weighted by Gasteiger charge is -2.19. The molecule has 0 spiro atoms. The molecule has 2 aromatic carbocycles. The number of sulfone groups is 1. The maximum atomic E-state index is 13.2. The van der Waals surface area contributed by atoms with Crippen molar-refractivity contribution in [2.75, 3.05) is 10.7 Å². The number of carbonyl (C=O) groups excluding carboxylic acids is 1. The Hall–Kier alpha value is -3.17. The molecule has 0 saturated heterocycles. The molecule has 0 N–H and O–H groups in total. The SMILES string of the molecule is Cc1ccc2sc(N(Cc3ccccn3)C(=O)CS(=O)(=O)c3ccc(F)cc3)nc2c1C. The highest BCUT2D eigenvalue weighted by molar-refractivity contribution is 7.92. The van der Waals surface area contributed by atoms with Gasteiger partial charge in [0.15, 0.2) is 15.0 Å². The molecule has 9 heteroatoms. The number of nitrogens with zero attached hydrogens (tertiary/aromatic N) is 3. The van der Waals surface area contributed by atoms with E-state index in [-0.39, 0.29) is 11.4 Å². The van der Waals surface area contributed by atoms with E-state index in [1.165, 1.54) is 16.2 Å². The molecule has 2 aromatic heterocycles. The molecule has 0 saturated carbocycles. The standard InChI is InChI=1S/C23H20FN3O3S2/c1-15-6-11-20-22(16(15)2)26-23(31-20)27(13-18-5-3-4-12-25-18)21(28)14-32(29,30)19-9-7-17(24)8-10-19/h3-12H,13-14H2,1-2H3. The number of rotatable bonds is 6. The predicted molar refractivity (Wildman–Crippen MR) is 123 cm³/mol. The van der Waals surface area contributed by atoms with Gasteiger partial charge in [0.25, 0.3) is 0 Å². The number of amides is 1. The Kier molecular flexibility index (Phi) is 6.03. The van der Waals surface area contributed by atoms with Gasteiger partial charge in [-0.3, -0.25) is 14.7 Å². The van der Waals surface area contributed by atoms with Crippen LogP contribution in [0.5, 0.6) is 0 Å². The van der Waals surface area contributed by atoms with Gasteiger partial charge >= 0.3 is 0 Å². The summed E-state index contributed by atoms with van der Waals surface area (Å²) >= 11 is 1.32. The van der Waals surface area contributed by atoms with Crippen LogP contribution in [0.2, 0.25) is 0 Å². The number of hydrogen-bond acceptors (Lipinski definition) is 6. The number of pyridine rings is 1. The van der Waals surface area contributed by atoms with E-state index in [4.69, 9.17) is 0 Å². The normalized spacial score (nSPS) is 11.6. The Balaban J connectivity index is 1.71. The quantitative estimate of drug-likeness (QED) is 0.390. The molecule has 0 radical (unpaired) electrons. The van der Waals surface area contributed by atoms with Gasteiger partial charge in [0.1, 0.15) is 11.6 Å².